The second-order valence-corrected chi connectivity index (χ2v) is 9.79. The van der Waals surface area contributed by atoms with Gasteiger partial charge < -0.3 is 0 Å². The van der Waals surface area contributed by atoms with Gasteiger partial charge in [0.1, 0.15) is 0 Å². The third-order valence-electron chi connectivity index (χ3n) is 5.79. The standard InChI is InChI=1S/C18H24OSe/c1-9-11(3)19-15-13(9)17(5,6)18(7,8)14-10(2)12(4)20-16(14)15/h1-8H3. The number of rotatable bonds is 0. The Labute approximate surface area is 128 Å². The summed E-state index contributed by atoms with van der Waals surface area (Å²) >= 11 is 0.429. The van der Waals surface area contributed by atoms with Gasteiger partial charge in [-0.2, -0.15) is 0 Å². The van der Waals surface area contributed by atoms with Gasteiger partial charge in [0.15, 0.2) is 0 Å². The van der Waals surface area contributed by atoms with Crippen molar-refractivity contribution < 1.29 is 4.42 Å². The van der Waals surface area contributed by atoms with Crippen molar-refractivity contribution in [1.82, 2.24) is 0 Å². The average Bonchev–Trinajstić information content (AvgIpc) is 2.78. The minimum atomic E-state index is 0.102. The van der Waals surface area contributed by atoms with Crippen LogP contribution in [-0.4, -0.2) is 14.5 Å². The van der Waals surface area contributed by atoms with Gasteiger partial charge in [0.05, 0.1) is 0 Å². The number of hydrogen-bond acceptors (Lipinski definition) is 1. The van der Waals surface area contributed by atoms with Crippen molar-refractivity contribution in [3.05, 3.63) is 32.5 Å². The zero-order valence-electron chi connectivity index (χ0n) is 13.8. The normalized spacial score (nSPS) is 18.8. The Morgan fingerprint density at radius 3 is 1.95 bits per heavy atom. The van der Waals surface area contributed by atoms with Crippen LogP contribution in [-0.2, 0) is 10.8 Å². The number of aryl methyl sites for hydroxylation is 2. The van der Waals surface area contributed by atoms with Crippen LogP contribution in [0.5, 0.6) is 0 Å². The molecule has 0 N–H and O–H groups in total. The molecule has 0 fully saturated rings. The van der Waals surface area contributed by atoms with Crippen molar-refractivity contribution in [2.75, 3.05) is 0 Å². The van der Waals surface area contributed by atoms with Crippen LogP contribution in [0.25, 0.3) is 10.2 Å². The van der Waals surface area contributed by atoms with E-state index in [0.717, 1.165) is 5.76 Å². The first-order chi connectivity index (χ1) is 9.10. The fraction of sp³-hybridized carbons (Fsp3) is 0.556. The van der Waals surface area contributed by atoms with Gasteiger partial charge >= 0.3 is 128 Å². The molecule has 2 heterocycles. The van der Waals surface area contributed by atoms with Crippen LogP contribution in [0.3, 0.4) is 0 Å². The van der Waals surface area contributed by atoms with E-state index in [0.29, 0.717) is 14.5 Å². The SMILES string of the molecule is Cc1oc2c(c1C)C(C)(C)C(C)(C)c1c-2[se]c(C)c1C. The van der Waals surface area contributed by atoms with Crippen LogP contribution in [0, 0.1) is 27.7 Å². The van der Waals surface area contributed by atoms with Crippen LogP contribution in [0.2, 0.25) is 0 Å². The van der Waals surface area contributed by atoms with Gasteiger partial charge in [0.25, 0.3) is 0 Å². The Morgan fingerprint density at radius 1 is 0.800 bits per heavy atom. The summed E-state index contributed by atoms with van der Waals surface area (Å²) in [6, 6.07) is 0. The minimum absolute atomic E-state index is 0.102. The van der Waals surface area contributed by atoms with Gasteiger partial charge in [-0.1, -0.05) is 0 Å². The molecule has 0 spiro atoms. The summed E-state index contributed by atoms with van der Waals surface area (Å²) in [4.78, 5) is 0. The molecular weight excluding hydrogens is 311 g/mol. The average molecular weight is 335 g/mol. The summed E-state index contributed by atoms with van der Waals surface area (Å²) in [7, 11) is 0. The monoisotopic (exact) mass is 336 g/mol. The van der Waals surface area contributed by atoms with E-state index in [4.69, 9.17) is 4.42 Å². The van der Waals surface area contributed by atoms with Crippen molar-refractivity contribution in [2.45, 2.75) is 66.2 Å². The van der Waals surface area contributed by atoms with Gasteiger partial charge in [-0.3, -0.25) is 0 Å². The molecule has 0 saturated carbocycles. The zero-order chi connectivity index (χ0) is 15.0. The third kappa shape index (κ3) is 1.45. The van der Waals surface area contributed by atoms with E-state index >= 15 is 0 Å². The Kier molecular flexibility index (Phi) is 2.79. The van der Waals surface area contributed by atoms with E-state index in [2.05, 4.69) is 55.4 Å². The van der Waals surface area contributed by atoms with Crippen LogP contribution in [0.15, 0.2) is 4.42 Å². The van der Waals surface area contributed by atoms with Gasteiger partial charge in [-0.25, -0.2) is 0 Å². The van der Waals surface area contributed by atoms with Gasteiger partial charge in [-0.05, 0) is 0 Å². The van der Waals surface area contributed by atoms with Crippen LogP contribution < -0.4 is 0 Å². The molecule has 0 aliphatic heterocycles. The van der Waals surface area contributed by atoms with Gasteiger partial charge in [-0.15, -0.1) is 0 Å². The van der Waals surface area contributed by atoms with Crippen molar-refractivity contribution in [2.24, 2.45) is 0 Å². The van der Waals surface area contributed by atoms with Crippen molar-refractivity contribution in [3.63, 3.8) is 0 Å². The molecule has 108 valence electrons. The van der Waals surface area contributed by atoms with E-state index in [1.165, 1.54) is 26.9 Å². The summed E-state index contributed by atoms with van der Waals surface area (Å²) in [5.74, 6) is 2.28. The second kappa shape index (κ2) is 3.93. The van der Waals surface area contributed by atoms with E-state index in [1.807, 2.05) is 0 Å². The molecule has 1 nitrogen and oxygen atoms in total. The van der Waals surface area contributed by atoms with Crippen LogP contribution in [0.4, 0.5) is 0 Å². The van der Waals surface area contributed by atoms with E-state index in [1.54, 1.807) is 10.0 Å². The molecular formula is C18H24OSe. The molecule has 0 radical (unpaired) electrons. The molecule has 3 rings (SSSR count). The van der Waals surface area contributed by atoms with Crippen molar-refractivity contribution in [3.8, 4) is 10.2 Å². The molecule has 0 unspecified atom stereocenters. The summed E-state index contributed by atoms with van der Waals surface area (Å²) < 4.78 is 9.27. The van der Waals surface area contributed by atoms with Crippen molar-refractivity contribution >= 4 is 14.5 Å². The number of furan rings is 1. The Bertz CT molecular complexity index is 648. The molecule has 0 atom stereocenters. The molecule has 1 aliphatic rings. The fourth-order valence-electron chi connectivity index (χ4n) is 3.70. The summed E-state index contributed by atoms with van der Waals surface area (Å²) in [6.45, 7) is 18.5. The van der Waals surface area contributed by atoms with Gasteiger partial charge in [0.2, 0.25) is 0 Å². The molecule has 2 heteroatoms. The molecule has 2 aromatic heterocycles. The van der Waals surface area contributed by atoms with Crippen molar-refractivity contribution in [1.29, 1.82) is 0 Å². The summed E-state index contributed by atoms with van der Waals surface area (Å²) in [5, 5.41) is 0. The third-order valence-corrected chi connectivity index (χ3v) is 8.32. The molecule has 20 heavy (non-hydrogen) atoms. The predicted octanol–water partition coefficient (Wildman–Crippen LogP) is 4.81. The van der Waals surface area contributed by atoms with Crippen LogP contribution >= 0.6 is 0 Å². The van der Waals surface area contributed by atoms with E-state index in [9.17, 15) is 0 Å². The van der Waals surface area contributed by atoms with Crippen LogP contribution in [0.1, 0.15) is 60.1 Å². The first-order valence-electron chi connectivity index (χ1n) is 7.32. The maximum atomic E-state index is 6.21. The van der Waals surface area contributed by atoms with E-state index in [-0.39, 0.29) is 10.8 Å². The molecule has 0 saturated heterocycles. The van der Waals surface area contributed by atoms with E-state index < -0.39 is 0 Å². The predicted molar refractivity (Wildman–Crippen MR) is 86.1 cm³/mol. The Balaban J connectivity index is 2.50. The Hall–Kier alpha value is -0.721. The molecule has 2 aromatic rings. The quantitative estimate of drug-likeness (QED) is 0.630. The number of fused-ring (bicyclic) bond motifs is 3. The topological polar surface area (TPSA) is 13.1 Å². The zero-order valence-corrected chi connectivity index (χ0v) is 15.5. The van der Waals surface area contributed by atoms with Gasteiger partial charge in [0, 0.05) is 0 Å². The maximum absolute atomic E-state index is 6.21. The molecule has 0 aromatic carbocycles. The number of hydrogen-bond donors (Lipinski definition) is 0. The second-order valence-electron chi connectivity index (χ2n) is 7.22. The fourth-order valence-corrected chi connectivity index (χ4v) is 6.45. The molecule has 0 amide bonds. The first-order valence-corrected chi connectivity index (χ1v) is 9.03. The molecule has 0 bridgehead atoms. The molecule has 1 aliphatic carbocycles. The summed E-state index contributed by atoms with van der Waals surface area (Å²) in [5.41, 5.74) is 6.12. The first kappa shape index (κ1) is 14.2. The Morgan fingerprint density at radius 2 is 1.35 bits per heavy atom. The summed E-state index contributed by atoms with van der Waals surface area (Å²) in [6.07, 6.45) is 0.